The highest BCUT2D eigenvalue weighted by molar-refractivity contribution is 6.20. The first-order chi connectivity index (χ1) is 12.5. The maximum absolute atomic E-state index is 12.2. The highest BCUT2D eigenvalue weighted by Crippen LogP contribution is 2.23. The molecular formula is C18H14N2O6. The first-order valence-electron chi connectivity index (χ1n) is 7.73. The van der Waals surface area contributed by atoms with Gasteiger partial charge in [-0.05, 0) is 30.2 Å². The number of carbonyl (C=O) groups is 4. The highest BCUT2D eigenvalue weighted by atomic mass is 16.7. The predicted molar refractivity (Wildman–Crippen MR) is 86.9 cm³/mol. The van der Waals surface area contributed by atoms with Crippen molar-refractivity contribution in [1.82, 2.24) is 10.0 Å². The Hall–Kier alpha value is -3.55. The lowest BCUT2D eigenvalue weighted by Crippen LogP contribution is -2.32. The van der Waals surface area contributed by atoms with Crippen LogP contribution < -0.4 is 0 Å². The molecule has 0 saturated carbocycles. The third-order valence-corrected chi connectivity index (χ3v) is 3.82. The van der Waals surface area contributed by atoms with Crippen molar-refractivity contribution in [2.45, 2.75) is 12.8 Å². The minimum Gasteiger partial charge on any atom is -0.464 e. The number of hydroxylamine groups is 2. The van der Waals surface area contributed by atoms with E-state index in [4.69, 9.17) is 4.84 Å². The number of pyridine rings is 1. The molecule has 1 aromatic heterocycles. The van der Waals surface area contributed by atoms with E-state index in [1.807, 2.05) is 0 Å². The fraction of sp³-hybridized carbons (Fsp3) is 0.167. The summed E-state index contributed by atoms with van der Waals surface area (Å²) in [5, 5.41) is 0.456. The molecule has 26 heavy (non-hydrogen) atoms. The third kappa shape index (κ3) is 3.16. The number of amides is 2. The van der Waals surface area contributed by atoms with Crippen LogP contribution in [-0.4, -0.2) is 40.9 Å². The van der Waals surface area contributed by atoms with Crippen molar-refractivity contribution in [3.63, 3.8) is 0 Å². The quantitative estimate of drug-likeness (QED) is 0.593. The van der Waals surface area contributed by atoms with E-state index < -0.39 is 23.8 Å². The number of carbonyl (C=O) groups excluding carboxylic acids is 4. The SMILES string of the molecule is COC(=O)c1ncccc1CCC(=O)ON1C(=O)c2ccccc2C1=O. The molecule has 0 atom stereocenters. The Morgan fingerprint density at radius 2 is 1.69 bits per heavy atom. The number of hydrogen-bond acceptors (Lipinski definition) is 7. The Kier molecular flexibility index (Phi) is 4.74. The molecule has 8 nitrogen and oxygen atoms in total. The normalized spacial score (nSPS) is 12.7. The Balaban J connectivity index is 1.65. The number of nitrogens with zero attached hydrogens (tertiary/aromatic N) is 2. The molecule has 0 saturated heterocycles. The fourth-order valence-corrected chi connectivity index (χ4v) is 2.56. The monoisotopic (exact) mass is 354 g/mol. The summed E-state index contributed by atoms with van der Waals surface area (Å²) in [6.07, 6.45) is 1.43. The van der Waals surface area contributed by atoms with Gasteiger partial charge in [-0.1, -0.05) is 23.3 Å². The zero-order valence-electron chi connectivity index (χ0n) is 13.8. The molecule has 0 bridgehead atoms. The number of methoxy groups -OCH3 is 1. The summed E-state index contributed by atoms with van der Waals surface area (Å²) in [6, 6.07) is 9.47. The molecule has 1 aliphatic heterocycles. The minimum atomic E-state index is -0.779. The predicted octanol–water partition coefficient (Wildman–Crippen LogP) is 1.56. The summed E-state index contributed by atoms with van der Waals surface area (Å²) in [4.78, 5) is 56.9. The molecule has 132 valence electrons. The van der Waals surface area contributed by atoms with Crippen LogP contribution in [0.3, 0.4) is 0 Å². The van der Waals surface area contributed by atoms with Crippen LogP contribution in [0.1, 0.15) is 43.2 Å². The Morgan fingerprint density at radius 3 is 2.31 bits per heavy atom. The summed E-state index contributed by atoms with van der Waals surface area (Å²) in [5.74, 6) is -2.76. The van der Waals surface area contributed by atoms with Gasteiger partial charge < -0.3 is 9.57 Å². The highest BCUT2D eigenvalue weighted by Gasteiger charge is 2.38. The molecule has 0 radical (unpaired) electrons. The lowest BCUT2D eigenvalue weighted by atomic mass is 10.1. The Bertz CT molecular complexity index is 873. The van der Waals surface area contributed by atoms with Gasteiger partial charge in [0.1, 0.15) is 0 Å². The van der Waals surface area contributed by atoms with E-state index in [9.17, 15) is 19.2 Å². The number of hydrogen-bond donors (Lipinski definition) is 0. The molecule has 2 amide bonds. The van der Waals surface area contributed by atoms with E-state index >= 15 is 0 Å². The van der Waals surface area contributed by atoms with Crippen LogP contribution in [0, 0.1) is 0 Å². The van der Waals surface area contributed by atoms with E-state index in [2.05, 4.69) is 9.72 Å². The van der Waals surface area contributed by atoms with Crippen LogP contribution >= 0.6 is 0 Å². The molecule has 2 heterocycles. The third-order valence-electron chi connectivity index (χ3n) is 3.82. The lowest BCUT2D eigenvalue weighted by molar-refractivity contribution is -0.168. The molecule has 0 N–H and O–H groups in total. The second-order valence-electron chi connectivity index (χ2n) is 5.42. The number of esters is 1. The van der Waals surface area contributed by atoms with Crippen LogP contribution in [0.25, 0.3) is 0 Å². The van der Waals surface area contributed by atoms with Gasteiger partial charge in [-0.15, -0.1) is 0 Å². The Labute approximate surface area is 148 Å². The molecule has 0 fully saturated rings. The van der Waals surface area contributed by atoms with Crippen molar-refractivity contribution in [1.29, 1.82) is 0 Å². The molecule has 0 spiro atoms. The number of imide groups is 1. The van der Waals surface area contributed by atoms with Crippen LogP contribution in [0.4, 0.5) is 0 Å². The molecule has 2 aromatic rings. The van der Waals surface area contributed by atoms with Crippen LogP contribution in [0.5, 0.6) is 0 Å². The average molecular weight is 354 g/mol. The molecule has 0 aliphatic carbocycles. The summed E-state index contributed by atoms with van der Waals surface area (Å²) >= 11 is 0. The van der Waals surface area contributed by atoms with Gasteiger partial charge in [0.05, 0.1) is 24.7 Å². The lowest BCUT2D eigenvalue weighted by Gasteiger charge is -2.13. The maximum Gasteiger partial charge on any atom is 0.356 e. The first-order valence-corrected chi connectivity index (χ1v) is 7.73. The summed E-state index contributed by atoms with van der Waals surface area (Å²) < 4.78 is 4.64. The van der Waals surface area contributed by atoms with Crippen molar-refractivity contribution in [3.8, 4) is 0 Å². The number of aryl methyl sites for hydroxylation is 1. The second-order valence-corrected chi connectivity index (χ2v) is 5.42. The van der Waals surface area contributed by atoms with Crippen LogP contribution in [0.15, 0.2) is 42.6 Å². The van der Waals surface area contributed by atoms with Crippen molar-refractivity contribution in [2.24, 2.45) is 0 Å². The fourth-order valence-electron chi connectivity index (χ4n) is 2.56. The molecule has 1 aromatic carbocycles. The van der Waals surface area contributed by atoms with Gasteiger partial charge >= 0.3 is 11.9 Å². The topological polar surface area (TPSA) is 103 Å². The molecule has 1 aliphatic rings. The van der Waals surface area contributed by atoms with Crippen molar-refractivity contribution >= 4 is 23.8 Å². The van der Waals surface area contributed by atoms with Gasteiger partial charge in [0.25, 0.3) is 11.8 Å². The molecular weight excluding hydrogens is 340 g/mol. The Morgan fingerprint density at radius 1 is 1.04 bits per heavy atom. The van der Waals surface area contributed by atoms with Crippen LogP contribution in [0.2, 0.25) is 0 Å². The van der Waals surface area contributed by atoms with Gasteiger partial charge in [-0.3, -0.25) is 9.59 Å². The van der Waals surface area contributed by atoms with Crippen LogP contribution in [-0.2, 0) is 20.8 Å². The number of benzene rings is 1. The zero-order chi connectivity index (χ0) is 18.7. The van der Waals surface area contributed by atoms with Gasteiger partial charge in [0, 0.05) is 6.20 Å². The van der Waals surface area contributed by atoms with E-state index in [0.717, 1.165) is 0 Å². The zero-order valence-corrected chi connectivity index (χ0v) is 13.8. The maximum atomic E-state index is 12.2. The summed E-state index contributed by atoms with van der Waals surface area (Å²) in [7, 11) is 1.23. The number of ether oxygens (including phenoxy) is 1. The average Bonchev–Trinajstić information content (AvgIpc) is 2.91. The minimum absolute atomic E-state index is 0.100. The summed E-state index contributed by atoms with van der Waals surface area (Å²) in [5.41, 5.74) is 0.971. The smallest absolute Gasteiger partial charge is 0.356 e. The van der Waals surface area contributed by atoms with E-state index in [0.29, 0.717) is 10.6 Å². The molecule has 8 heteroatoms. The number of rotatable bonds is 5. The number of aromatic nitrogens is 1. The largest absolute Gasteiger partial charge is 0.464 e. The first kappa shape index (κ1) is 17.3. The summed E-state index contributed by atoms with van der Waals surface area (Å²) in [6.45, 7) is 0. The van der Waals surface area contributed by atoms with Crippen molar-refractivity contribution in [2.75, 3.05) is 7.11 Å². The molecule has 0 unspecified atom stereocenters. The van der Waals surface area contributed by atoms with E-state index in [-0.39, 0.29) is 29.7 Å². The van der Waals surface area contributed by atoms with Gasteiger partial charge in [-0.2, -0.15) is 0 Å². The molecule has 3 rings (SSSR count). The van der Waals surface area contributed by atoms with Crippen molar-refractivity contribution < 1.29 is 28.8 Å². The van der Waals surface area contributed by atoms with Gasteiger partial charge in [0.2, 0.25) is 0 Å². The number of fused-ring (bicyclic) bond motifs is 1. The van der Waals surface area contributed by atoms with Gasteiger partial charge in [0.15, 0.2) is 5.69 Å². The standard InChI is InChI=1S/C18H14N2O6/c1-25-18(24)15-11(5-4-10-19-15)8-9-14(21)26-20-16(22)12-6-2-3-7-13(12)17(20)23/h2-7,10H,8-9H2,1H3. The van der Waals surface area contributed by atoms with Crippen molar-refractivity contribution in [3.05, 3.63) is 65.0 Å². The van der Waals surface area contributed by atoms with Gasteiger partial charge in [-0.25, -0.2) is 14.6 Å². The van der Waals surface area contributed by atoms with E-state index in [1.165, 1.54) is 25.4 Å². The second kappa shape index (κ2) is 7.14. The van der Waals surface area contributed by atoms with E-state index in [1.54, 1.807) is 24.3 Å².